The van der Waals surface area contributed by atoms with Crippen LogP contribution >= 0.6 is 0 Å². The molecule has 0 saturated heterocycles. The lowest BCUT2D eigenvalue weighted by atomic mass is 9.83. The van der Waals surface area contributed by atoms with Gasteiger partial charge in [-0.2, -0.15) is 0 Å². The second kappa shape index (κ2) is 5.27. The smallest absolute Gasteiger partial charge is 0.262 e. The predicted octanol–water partition coefficient (Wildman–Crippen LogP) is 4.21. The maximum atomic E-state index is 12.8. The van der Waals surface area contributed by atoms with Crippen LogP contribution in [0.5, 0.6) is 5.75 Å². The molecule has 118 valence electrons. The van der Waals surface area contributed by atoms with Gasteiger partial charge in [0.1, 0.15) is 5.75 Å². The molecular formula is C20H21NO2. The van der Waals surface area contributed by atoms with E-state index in [1.54, 1.807) is 23.7 Å². The molecule has 3 rings (SSSR count). The van der Waals surface area contributed by atoms with Crippen LogP contribution in [0.2, 0.25) is 0 Å². The zero-order valence-electron chi connectivity index (χ0n) is 13.9. The highest BCUT2D eigenvalue weighted by Crippen LogP contribution is 2.38. The Balaban J connectivity index is 2.62. The third kappa shape index (κ3) is 2.42. The summed E-state index contributed by atoms with van der Waals surface area (Å²) >= 11 is 0. The summed E-state index contributed by atoms with van der Waals surface area (Å²) in [5.74, 6) is 0.0285. The van der Waals surface area contributed by atoms with Gasteiger partial charge >= 0.3 is 0 Å². The first-order valence-electron chi connectivity index (χ1n) is 7.73. The number of aromatic hydroxyl groups is 1. The fourth-order valence-corrected chi connectivity index (χ4v) is 3.31. The van der Waals surface area contributed by atoms with Crippen LogP contribution in [0, 0.1) is 0 Å². The molecule has 0 aliphatic rings. The minimum atomic E-state index is -0.210. The summed E-state index contributed by atoms with van der Waals surface area (Å²) in [6.07, 6.45) is 0. The van der Waals surface area contributed by atoms with Crippen molar-refractivity contribution in [3.63, 3.8) is 0 Å². The van der Waals surface area contributed by atoms with Crippen LogP contribution < -0.4 is 5.56 Å². The standard InChI is InChI=1S/C20H21NO2/c1-20(2,3)18-16(13-9-6-5-7-10-13)14-11-8-12-15(22)17(14)19(23)21(18)4/h5-12,22H,1-4H3. The predicted molar refractivity (Wildman–Crippen MR) is 95.0 cm³/mol. The normalized spacial score (nSPS) is 11.8. The molecule has 0 unspecified atom stereocenters. The van der Waals surface area contributed by atoms with Crippen molar-refractivity contribution in [2.75, 3.05) is 0 Å². The Hall–Kier alpha value is -2.55. The summed E-state index contributed by atoms with van der Waals surface area (Å²) in [6, 6.07) is 15.3. The Morgan fingerprint density at radius 1 is 0.957 bits per heavy atom. The largest absolute Gasteiger partial charge is 0.507 e. The molecule has 0 bridgehead atoms. The van der Waals surface area contributed by atoms with Gasteiger partial charge in [-0.15, -0.1) is 0 Å². The van der Waals surface area contributed by atoms with Gasteiger partial charge in [0.25, 0.3) is 5.56 Å². The van der Waals surface area contributed by atoms with Crippen LogP contribution in [0.25, 0.3) is 21.9 Å². The molecule has 0 aliphatic heterocycles. The van der Waals surface area contributed by atoms with Gasteiger partial charge < -0.3 is 9.67 Å². The van der Waals surface area contributed by atoms with E-state index in [-0.39, 0.29) is 16.7 Å². The van der Waals surface area contributed by atoms with Gasteiger partial charge in [-0.05, 0) is 11.6 Å². The van der Waals surface area contributed by atoms with E-state index in [1.165, 1.54) is 0 Å². The van der Waals surface area contributed by atoms with Crippen molar-refractivity contribution in [2.24, 2.45) is 7.05 Å². The minimum Gasteiger partial charge on any atom is -0.507 e. The molecule has 3 nitrogen and oxygen atoms in total. The van der Waals surface area contributed by atoms with E-state index in [0.717, 1.165) is 22.2 Å². The maximum absolute atomic E-state index is 12.8. The van der Waals surface area contributed by atoms with Crippen molar-refractivity contribution in [3.05, 3.63) is 64.6 Å². The molecule has 0 aliphatic carbocycles. The maximum Gasteiger partial charge on any atom is 0.262 e. The summed E-state index contributed by atoms with van der Waals surface area (Å²) in [5.41, 5.74) is 2.64. The highest BCUT2D eigenvalue weighted by atomic mass is 16.3. The first-order chi connectivity index (χ1) is 10.8. The molecule has 1 N–H and O–H groups in total. The van der Waals surface area contributed by atoms with Gasteiger partial charge in [0, 0.05) is 29.1 Å². The average Bonchev–Trinajstić information content (AvgIpc) is 2.50. The third-order valence-corrected chi connectivity index (χ3v) is 4.18. The van der Waals surface area contributed by atoms with Gasteiger partial charge in [-0.3, -0.25) is 4.79 Å². The van der Waals surface area contributed by atoms with E-state index in [0.29, 0.717) is 5.39 Å². The van der Waals surface area contributed by atoms with E-state index in [9.17, 15) is 9.90 Å². The number of phenolic OH excluding ortho intramolecular Hbond substituents is 1. The van der Waals surface area contributed by atoms with Crippen molar-refractivity contribution >= 4 is 10.8 Å². The van der Waals surface area contributed by atoms with Gasteiger partial charge in [0.15, 0.2) is 0 Å². The number of aromatic nitrogens is 1. The van der Waals surface area contributed by atoms with Crippen molar-refractivity contribution in [1.82, 2.24) is 4.57 Å². The first-order valence-corrected chi connectivity index (χ1v) is 7.73. The van der Waals surface area contributed by atoms with Gasteiger partial charge in [-0.1, -0.05) is 63.2 Å². The zero-order chi connectivity index (χ0) is 16.8. The molecule has 0 fully saturated rings. The van der Waals surface area contributed by atoms with Crippen molar-refractivity contribution in [3.8, 4) is 16.9 Å². The SMILES string of the molecule is Cn1c(C(C)(C)C)c(-c2ccccc2)c2cccc(O)c2c1=O. The van der Waals surface area contributed by atoms with E-state index < -0.39 is 0 Å². The van der Waals surface area contributed by atoms with Crippen LogP contribution in [-0.2, 0) is 12.5 Å². The molecule has 0 radical (unpaired) electrons. The van der Waals surface area contributed by atoms with Gasteiger partial charge in [-0.25, -0.2) is 0 Å². The van der Waals surface area contributed by atoms with Crippen molar-refractivity contribution in [2.45, 2.75) is 26.2 Å². The molecular weight excluding hydrogens is 286 g/mol. The Kier molecular flexibility index (Phi) is 3.52. The van der Waals surface area contributed by atoms with Crippen LogP contribution in [-0.4, -0.2) is 9.67 Å². The number of hydrogen-bond acceptors (Lipinski definition) is 2. The summed E-state index contributed by atoms with van der Waals surface area (Å²) in [6.45, 7) is 6.30. The van der Waals surface area contributed by atoms with E-state index in [4.69, 9.17) is 0 Å². The molecule has 1 heterocycles. The van der Waals surface area contributed by atoms with Gasteiger partial charge in [0.05, 0.1) is 5.39 Å². The van der Waals surface area contributed by atoms with E-state index in [2.05, 4.69) is 20.8 Å². The summed E-state index contributed by atoms with van der Waals surface area (Å²) in [7, 11) is 1.78. The molecule has 3 heteroatoms. The number of pyridine rings is 1. The van der Waals surface area contributed by atoms with E-state index in [1.807, 2.05) is 36.4 Å². The second-order valence-corrected chi connectivity index (χ2v) is 6.90. The molecule has 0 atom stereocenters. The lowest BCUT2D eigenvalue weighted by Gasteiger charge is -2.27. The molecule has 0 spiro atoms. The number of fused-ring (bicyclic) bond motifs is 1. The number of benzene rings is 2. The lowest BCUT2D eigenvalue weighted by Crippen LogP contribution is -2.29. The number of hydrogen-bond donors (Lipinski definition) is 1. The fraction of sp³-hybridized carbons (Fsp3) is 0.250. The lowest BCUT2D eigenvalue weighted by molar-refractivity contribution is 0.480. The highest BCUT2D eigenvalue weighted by Gasteiger charge is 2.26. The number of phenols is 1. The molecule has 0 saturated carbocycles. The average molecular weight is 307 g/mol. The third-order valence-electron chi connectivity index (χ3n) is 4.18. The Bertz CT molecular complexity index is 932. The fourth-order valence-electron chi connectivity index (χ4n) is 3.31. The molecule has 23 heavy (non-hydrogen) atoms. The van der Waals surface area contributed by atoms with Crippen LogP contribution in [0.15, 0.2) is 53.3 Å². The second-order valence-electron chi connectivity index (χ2n) is 6.90. The Morgan fingerprint density at radius 2 is 1.61 bits per heavy atom. The quantitative estimate of drug-likeness (QED) is 0.732. The van der Waals surface area contributed by atoms with Crippen molar-refractivity contribution in [1.29, 1.82) is 0 Å². The molecule has 2 aromatic carbocycles. The van der Waals surface area contributed by atoms with Gasteiger partial charge in [0.2, 0.25) is 0 Å². The van der Waals surface area contributed by atoms with Crippen LogP contribution in [0.1, 0.15) is 26.5 Å². The Labute approximate surface area is 135 Å². The monoisotopic (exact) mass is 307 g/mol. The minimum absolute atomic E-state index is 0.0285. The summed E-state index contributed by atoms with van der Waals surface area (Å²) in [5, 5.41) is 11.4. The zero-order valence-corrected chi connectivity index (χ0v) is 13.9. The highest BCUT2D eigenvalue weighted by molar-refractivity contribution is 6.00. The van der Waals surface area contributed by atoms with Crippen LogP contribution in [0.3, 0.4) is 0 Å². The Morgan fingerprint density at radius 3 is 2.22 bits per heavy atom. The summed E-state index contributed by atoms with van der Waals surface area (Å²) < 4.78 is 1.67. The molecule has 3 aromatic rings. The van der Waals surface area contributed by atoms with E-state index >= 15 is 0 Å². The number of rotatable bonds is 1. The summed E-state index contributed by atoms with van der Waals surface area (Å²) in [4.78, 5) is 12.8. The topological polar surface area (TPSA) is 42.2 Å². The van der Waals surface area contributed by atoms with Crippen LogP contribution in [0.4, 0.5) is 0 Å². The number of nitrogens with zero attached hydrogens (tertiary/aromatic N) is 1. The van der Waals surface area contributed by atoms with Crippen molar-refractivity contribution < 1.29 is 5.11 Å². The molecule has 0 amide bonds. The molecule has 1 aromatic heterocycles. The first kappa shape index (κ1) is 15.3.